The minimum Gasteiger partial charge on any atom is -0.387 e. The van der Waals surface area contributed by atoms with Gasteiger partial charge in [0.1, 0.15) is 0 Å². The van der Waals surface area contributed by atoms with Crippen LogP contribution in [-0.2, 0) is 0 Å². The fourth-order valence-corrected chi connectivity index (χ4v) is 3.90. The van der Waals surface area contributed by atoms with Crippen molar-refractivity contribution in [3.63, 3.8) is 0 Å². The molecule has 0 spiro atoms. The molecule has 2 N–H and O–H groups in total. The Labute approximate surface area is 186 Å². The molecule has 5 nitrogen and oxygen atoms in total. The lowest BCUT2D eigenvalue weighted by Gasteiger charge is -2.15. The monoisotopic (exact) mass is 433 g/mol. The van der Waals surface area contributed by atoms with Crippen molar-refractivity contribution in [2.45, 2.75) is 25.9 Å². The van der Waals surface area contributed by atoms with Crippen LogP contribution in [0.5, 0.6) is 0 Å². The van der Waals surface area contributed by atoms with E-state index in [0.717, 1.165) is 27.7 Å². The van der Waals surface area contributed by atoms with Gasteiger partial charge in [-0.1, -0.05) is 67.9 Å². The molecule has 158 valence electrons. The van der Waals surface area contributed by atoms with Crippen molar-refractivity contribution in [2.24, 2.45) is 0 Å². The topological polar surface area (TPSA) is 67.2 Å². The number of carbonyl (C=O) groups is 1. The standard InChI is InChI=1S/C25H24ClN3O2/c1-16(2)24-22(14-28-29(24)21-9-5-8-20(26)13-21)25(31)27-15-23(30)19-11-10-17-6-3-4-7-18(17)12-19/h3-14,16,23,30H,15H2,1-2H3,(H,27,31). The van der Waals surface area contributed by atoms with Crippen LogP contribution in [0.2, 0.25) is 5.02 Å². The Morgan fingerprint density at radius 2 is 1.84 bits per heavy atom. The van der Waals surface area contributed by atoms with Crippen LogP contribution < -0.4 is 5.32 Å². The van der Waals surface area contributed by atoms with E-state index in [0.29, 0.717) is 10.6 Å². The molecule has 0 aliphatic rings. The van der Waals surface area contributed by atoms with E-state index >= 15 is 0 Å². The fraction of sp³-hybridized carbons (Fsp3) is 0.200. The molecular formula is C25H24ClN3O2. The van der Waals surface area contributed by atoms with E-state index in [1.807, 2.05) is 74.5 Å². The lowest BCUT2D eigenvalue weighted by Crippen LogP contribution is -2.29. The SMILES string of the molecule is CC(C)c1c(C(=O)NCC(O)c2ccc3ccccc3c2)cnn1-c1cccc(Cl)c1. The molecule has 0 fully saturated rings. The molecular weight excluding hydrogens is 410 g/mol. The van der Waals surface area contributed by atoms with Crippen LogP contribution >= 0.6 is 11.6 Å². The molecule has 0 aliphatic heterocycles. The molecule has 1 heterocycles. The first-order valence-corrected chi connectivity index (χ1v) is 10.6. The highest BCUT2D eigenvalue weighted by Gasteiger charge is 2.21. The van der Waals surface area contributed by atoms with Crippen LogP contribution in [0.1, 0.15) is 47.5 Å². The average Bonchev–Trinajstić information content (AvgIpc) is 3.22. The van der Waals surface area contributed by atoms with Gasteiger partial charge in [-0.2, -0.15) is 5.10 Å². The Hall–Kier alpha value is -3.15. The summed E-state index contributed by atoms with van der Waals surface area (Å²) in [4.78, 5) is 12.9. The zero-order chi connectivity index (χ0) is 22.0. The lowest BCUT2D eigenvalue weighted by molar-refractivity contribution is 0.0915. The minimum atomic E-state index is -0.806. The van der Waals surface area contributed by atoms with Gasteiger partial charge in [0.05, 0.1) is 29.2 Å². The van der Waals surface area contributed by atoms with E-state index in [-0.39, 0.29) is 18.4 Å². The Kier molecular flexibility index (Phi) is 6.07. The van der Waals surface area contributed by atoms with E-state index in [4.69, 9.17) is 11.6 Å². The van der Waals surface area contributed by atoms with Crippen LogP contribution in [0.3, 0.4) is 0 Å². The van der Waals surface area contributed by atoms with Crippen molar-refractivity contribution < 1.29 is 9.90 Å². The fourth-order valence-electron chi connectivity index (χ4n) is 3.72. The number of carbonyl (C=O) groups excluding carboxylic acids is 1. The summed E-state index contributed by atoms with van der Waals surface area (Å²) in [5, 5.41) is 20.7. The average molecular weight is 434 g/mol. The molecule has 0 saturated heterocycles. The van der Waals surface area contributed by atoms with Crippen LogP contribution in [0.25, 0.3) is 16.5 Å². The van der Waals surface area contributed by atoms with E-state index in [1.54, 1.807) is 16.9 Å². The highest BCUT2D eigenvalue weighted by atomic mass is 35.5. The summed E-state index contributed by atoms with van der Waals surface area (Å²) in [6, 6.07) is 21.1. The van der Waals surface area contributed by atoms with E-state index < -0.39 is 6.10 Å². The number of nitrogens with one attached hydrogen (secondary N) is 1. The number of aromatic nitrogens is 2. The normalized spacial score (nSPS) is 12.3. The van der Waals surface area contributed by atoms with E-state index in [9.17, 15) is 9.90 Å². The summed E-state index contributed by atoms with van der Waals surface area (Å²) in [5.41, 5.74) is 2.84. The second-order valence-electron chi connectivity index (χ2n) is 7.82. The third-order valence-corrected chi connectivity index (χ3v) is 5.50. The molecule has 0 radical (unpaired) electrons. The Balaban J connectivity index is 1.53. The zero-order valence-corrected chi connectivity index (χ0v) is 18.2. The van der Waals surface area contributed by atoms with E-state index in [2.05, 4.69) is 10.4 Å². The molecule has 4 rings (SSSR count). The molecule has 6 heteroatoms. The number of amides is 1. The summed E-state index contributed by atoms with van der Waals surface area (Å²) in [7, 11) is 0. The summed E-state index contributed by atoms with van der Waals surface area (Å²) < 4.78 is 1.74. The summed E-state index contributed by atoms with van der Waals surface area (Å²) in [5.74, 6) is -0.204. The van der Waals surface area contributed by atoms with Gasteiger partial charge in [0.25, 0.3) is 5.91 Å². The third-order valence-electron chi connectivity index (χ3n) is 5.26. The van der Waals surface area contributed by atoms with Crippen molar-refractivity contribution in [3.8, 4) is 5.69 Å². The Morgan fingerprint density at radius 1 is 1.06 bits per heavy atom. The van der Waals surface area contributed by atoms with Crippen molar-refractivity contribution in [1.29, 1.82) is 0 Å². The number of rotatable bonds is 6. The first kappa shape index (κ1) is 21.1. The number of aliphatic hydroxyl groups is 1. The zero-order valence-electron chi connectivity index (χ0n) is 17.4. The molecule has 4 aromatic rings. The van der Waals surface area contributed by atoms with Gasteiger partial charge in [0.2, 0.25) is 0 Å². The van der Waals surface area contributed by atoms with Crippen LogP contribution in [0.4, 0.5) is 0 Å². The van der Waals surface area contributed by atoms with Gasteiger partial charge in [-0.25, -0.2) is 4.68 Å². The van der Waals surface area contributed by atoms with Crippen LogP contribution in [0.15, 0.2) is 72.9 Å². The number of aliphatic hydroxyl groups excluding tert-OH is 1. The molecule has 0 aliphatic carbocycles. The summed E-state index contributed by atoms with van der Waals surface area (Å²) >= 11 is 6.13. The molecule has 1 unspecified atom stereocenters. The molecule has 1 aromatic heterocycles. The minimum absolute atomic E-state index is 0.0626. The maximum Gasteiger partial charge on any atom is 0.254 e. The second-order valence-corrected chi connectivity index (χ2v) is 8.26. The van der Waals surface area contributed by atoms with Crippen LogP contribution in [0, 0.1) is 0 Å². The maximum absolute atomic E-state index is 12.9. The second kappa shape index (κ2) is 8.92. The van der Waals surface area contributed by atoms with Gasteiger partial charge < -0.3 is 10.4 Å². The molecule has 0 bridgehead atoms. The maximum atomic E-state index is 12.9. The van der Waals surface area contributed by atoms with Gasteiger partial charge in [0.15, 0.2) is 0 Å². The largest absolute Gasteiger partial charge is 0.387 e. The number of nitrogens with zero attached hydrogens (tertiary/aromatic N) is 2. The predicted octanol–water partition coefficient (Wildman–Crippen LogP) is 5.27. The molecule has 0 saturated carbocycles. The van der Waals surface area contributed by atoms with Gasteiger partial charge in [-0.3, -0.25) is 4.79 Å². The first-order chi connectivity index (χ1) is 14.9. The van der Waals surface area contributed by atoms with Crippen molar-refractivity contribution in [1.82, 2.24) is 15.1 Å². The number of hydrogen-bond acceptors (Lipinski definition) is 3. The highest BCUT2D eigenvalue weighted by molar-refractivity contribution is 6.30. The molecule has 1 atom stereocenters. The number of halogens is 1. The third kappa shape index (κ3) is 4.48. The summed E-state index contributed by atoms with van der Waals surface area (Å²) in [6.45, 7) is 4.13. The number of hydrogen-bond donors (Lipinski definition) is 2. The number of fused-ring (bicyclic) bond motifs is 1. The predicted molar refractivity (Wildman–Crippen MR) is 124 cm³/mol. The quantitative estimate of drug-likeness (QED) is 0.435. The smallest absolute Gasteiger partial charge is 0.254 e. The lowest BCUT2D eigenvalue weighted by atomic mass is 10.0. The van der Waals surface area contributed by atoms with Crippen molar-refractivity contribution >= 4 is 28.3 Å². The van der Waals surface area contributed by atoms with Gasteiger partial charge in [0, 0.05) is 11.6 Å². The molecule has 3 aromatic carbocycles. The Morgan fingerprint density at radius 3 is 2.58 bits per heavy atom. The van der Waals surface area contributed by atoms with Gasteiger partial charge >= 0.3 is 0 Å². The van der Waals surface area contributed by atoms with Crippen molar-refractivity contribution in [3.05, 3.63) is 94.8 Å². The van der Waals surface area contributed by atoms with Gasteiger partial charge in [-0.05, 0) is 46.5 Å². The molecule has 1 amide bonds. The number of benzene rings is 3. The first-order valence-electron chi connectivity index (χ1n) is 10.2. The highest BCUT2D eigenvalue weighted by Crippen LogP contribution is 2.25. The Bertz CT molecular complexity index is 1230. The van der Waals surface area contributed by atoms with E-state index in [1.165, 1.54) is 0 Å². The van der Waals surface area contributed by atoms with Crippen LogP contribution in [-0.4, -0.2) is 27.3 Å². The summed E-state index contributed by atoms with van der Waals surface area (Å²) in [6.07, 6.45) is 0.757. The van der Waals surface area contributed by atoms with Crippen molar-refractivity contribution in [2.75, 3.05) is 6.54 Å². The van der Waals surface area contributed by atoms with Gasteiger partial charge in [-0.15, -0.1) is 0 Å². The molecule has 31 heavy (non-hydrogen) atoms.